The number of hydrogen-bond acceptors (Lipinski definition) is 2. The highest BCUT2D eigenvalue weighted by Gasteiger charge is 2.45. The third-order valence-electron chi connectivity index (χ3n) is 3.55. The van der Waals surface area contributed by atoms with E-state index in [1.54, 1.807) is 6.92 Å². The van der Waals surface area contributed by atoms with Crippen LogP contribution in [-0.2, 0) is 4.79 Å². The second-order valence-corrected chi connectivity index (χ2v) is 4.68. The Labute approximate surface area is 79.7 Å². The van der Waals surface area contributed by atoms with Crippen LogP contribution in [-0.4, -0.2) is 48.9 Å². The van der Waals surface area contributed by atoms with E-state index in [1.165, 1.54) is 25.9 Å². The molecule has 0 unspecified atom stereocenters. The molecule has 2 aliphatic heterocycles. The molecule has 74 valence electrons. The quantitative estimate of drug-likeness (QED) is 0.546. The molecule has 0 aromatic heterocycles. The molecule has 0 aliphatic carbocycles. The van der Waals surface area contributed by atoms with E-state index in [0.717, 1.165) is 13.1 Å². The number of carbonyl (C=O) groups is 1. The molecule has 1 spiro atoms. The molecule has 1 amide bonds. The third-order valence-corrected chi connectivity index (χ3v) is 3.55. The number of amides is 1. The second-order valence-electron chi connectivity index (χ2n) is 4.68. The van der Waals surface area contributed by atoms with Gasteiger partial charge >= 0.3 is 0 Å². The number of rotatable bonds is 0. The number of hydrogen-bond donors (Lipinski definition) is 0. The summed E-state index contributed by atoms with van der Waals surface area (Å²) in [5, 5.41) is 0. The monoisotopic (exact) mass is 182 g/mol. The average molecular weight is 182 g/mol. The molecule has 13 heavy (non-hydrogen) atoms. The van der Waals surface area contributed by atoms with Gasteiger partial charge in [0.05, 0.1) is 0 Å². The fourth-order valence-corrected chi connectivity index (χ4v) is 2.40. The minimum atomic E-state index is 0.240. The normalized spacial score (nSPS) is 27.4. The summed E-state index contributed by atoms with van der Waals surface area (Å²) in [5.74, 6) is 0.240. The average Bonchev–Trinajstić information content (AvgIpc) is 2.02. The zero-order valence-corrected chi connectivity index (χ0v) is 8.55. The maximum Gasteiger partial charge on any atom is 0.219 e. The Balaban J connectivity index is 1.86. The maximum atomic E-state index is 11.0. The van der Waals surface area contributed by atoms with Crippen LogP contribution in [0.2, 0.25) is 0 Å². The Kier molecular flexibility index (Phi) is 2.06. The van der Waals surface area contributed by atoms with Crippen molar-refractivity contribution in [3.63, 3.8) is 0 Å². The fourth-order valence-electron chi connectivity index (χ4n) is 2.40. The van der Waals surface area contributed by atoms with Crippen molar-refractivity contribution in [3.05, 3.63) is 0 Å². The summed E-state index contributed by atoms with van der Waals surface area (Å²) in [6.07, 6.45) is 2.54. The van der Waals surface area contributed by atoms with Crippen molar-refractivity contribution in [2.75, 3.05) is 33.2 Å². The van der Waals surface area contributed by atoms with Crippen LogP contribution in [0.15, 0.2) is 0 Å². The zero-order valence-electron chi connectivity index (χ0n) is 8.55. The molecule has 0 bridgehead atoms. The minimum Gasteiger partial charge on any atom is -0.342 e. The molecule has 2 rings (SSSR count). The van der Waals surface area contributed by atoms with Crippen LogP contribution in [0.5, 0.6) is 0 Å². The van der Waals surface area contributed by atoms with Crippen molar-refractivity contribution in [1.29, 1.82) is 0 Å². The molecule has 2 aliphatic rings. The lowest BCUT2D eigenvalue weighted by Gasteiger charge is -2.53. The zero-order chi connectivity index (χ0) is 9.47. The molecule has 3 nitrogen and oxygen atoms in total. The van der Waals surface area contributed by atoms with Gasteiger partial charge in [0, 0.05) is 25.4 Å². The molecule has 0 aromatic carbocycles. The van der Waals surface area contributed by atoms with Crippen LogP contribution in [0.25, 0.3) is 0 Å². The van der Waals surface area contributed by atoms with E-state index >= 15 is 0 Å². The standard InChI is InChI=1S/C10H18N2O/c1-9(13)12-7-10(8-12)3-5-11(2)6-4-10/h3-8H2,1-2H3. The minimum absolute atomic E-state index is 0.240. The number of piperidine rings is 1. The van der Waals surface area contributed by atoms with E-state index in [-0.39, 0.29) is 5.91 Å². The van der Waals surface area contributed by atoms with Crippen molar-refractivity contribution >= 4 is 5.91 Å². The molecule has 2 saturated heterocycles. The van der Waals surface area contributed by atoms with Crippen LogP contribution < -0.4 is 0 Å². The van der Waals surface area contributed by atoms with Crippen LogP contribution in [0.3, 0.4) is 0 Å². The van der Waals surface area contributed by atoms with Gasteiger partial charge < -0.3 is 9.80 Å². The van der Waals surface area contributed by atoms with Crippen molar-refractivity contribution in [3.8, 4) is 0 Å². The highest BCUT2D eigenvalue weighted by atomic mass is 16.2. The van der Waals surface area contributed by atoms with Crippen LogP contribution in [0, 0.1) is 5.41 Å². The van der Waals surface area contributed by atoms with Gasteiger partial charge in [-0.3, -0.25) is 4.79 Å². The van der Waals surface area contributed by atoms with Crippen LogP contribution in [0.1, 0.15) is 19.8 Å². The predicted octanol–water partition coefficient (Wildman–Crippen LogP) is 0.560. The summed E-state index contributed by atoms with van der Waals surface area (Å²) in [4.78, 5) is 15.4. The topological polar surface area (TPSA) is 23.6 Å². The van der Waals surface area contributed by atoms with Gasteiger partial charge in [-0.1, -0.05) is 0 Å². The highest BCUT2D eigenvalue weighted by molar-refractivity contribution is 5.74. The molecule has 0 saturated carbocycles. The van der Waals surface area contributed by atoms with Crippen molar-refractivity contribution in [2.24, 2.45) is 5.41 Å². The van der Waals surface area contributed by atoms with Crippen LogP contribution in [0.4, 0.5) is 0 Å². The number of likely N-dealkylation sites (tertiary alicyclic amines) is 2. The molecule has 0 radical (unpaired) electrons. The summed E-state index contributed by atoms with van der Waals surface area (Å²) in [6, 6.07) is 0. The van der Waals surface area contributed by atoms with Gasteiger partial charge in [0.1, 0.15) is 0 Å². The van der Waals surface area contributed by atoms with E-state index in [1.807, 2.05) is 4.90 Å². The molecular formula is C10H18N2O. The van der Waals surface area contributed by atoms with E-state index in [0.29, 0.717) is 5.41 Å². The smallest absolute Gasteiger partial charge is 0.219 e. The summed E-state index contributed by atoms with van der Waals surface area (Å²) >= 11 is 0. The Bertz CT molecular complexity index is 211. The summed E-state index contributed by atoms with van der Waals surface area (Å²) < 4.78 is 0. The van der Waals surface area contributed by atoms with Gasteiger partial charge in [0.25, 0.3) is 0 Å². The second kappa shape index (κ2) is 2.98. The van der Waals surface area contributed by atoms with Gasteiger partial charge in [-0.25, -0.2) is 0 Å². The Morgan fingerprint density at radius 1 is 1.23 bits per heavy atom. The van der Waals surface area contributed by atoms with Gasteiger partial charge in [-0.2, -0.15) is 0 Å². The Hall–Kier alpha value is -0.570. The molecule has 0 aromatic rings. The lowest BCUT2D eigenvalue weighted by atomic mass is 9.72. The Morgan fingerprint density at radius 3 is 2.23 bits per heavy atom. The predicted molar refractivity (Wildman–Crippen MR) is 51.4 cm³/mol. The molecule has 0 N–H and O–H groups in total. The molecule has 0 atom stereocenters. The third kappa shape index (κ3) is 1.57. The summed E-state index contributed by atoms with van der Waals surface area (Å²) in [6.45, 7) is 6.09. The van der Waals surface area contributed by atoms with E-state index in [9.17, 15) is 4.79 Å². The first-order valence-corrected chi connectivity index (χ1v) is 5.05. The molecular weight excluding hydrogens is 164 g/mol. The van der Waals surface area contributed by atoms with E-state index in [2.05, 4.69) is 11.9 Å². The van der Waals surface area contributed by atoms with Gasteiger partial charge in [0.2, 0.25) is 5.91 Å². The van der Waals surface area contributed by atoms with Crippen molar-refractivity contribution in [1.82, 2.24) is 9.80 Å². The first-order valence-electron chi connectivity index (χ1n) is 5.05. The van der Waals surface area contributed by atoms with Gasteiger partial charge in [0.15, 0.2) is 0 Å². The van der Waals surface area contributed by atoms with Crippen molar-refractivity contribution < 1.29 is 4.79 Å². The first-order chi connectivity index (χ1) is 6.11. The maximum absolute atomic E-state index is 11.0. The summed E-state index contributed by atoms with van der Waals surface area (Å²) in [7, 11) is 2.17. The molecule has 2 heterocycles. The molecule has 2 fully saturated rings. The SMILES string of the molecule is CC(=O)N1CC2(CCN(C)CC2)C1. The van der Waals surface area contributed by atoms with Gasteiger partial charge in [-0.15, -0.1) is 0 Å². The Morgan fingerprint density at radius 2 is 1.77 bits per heavy atom. The van der Waals surface area contributed by atoms with Crippen molar-refractivity contribution in [2.45, 2.75) is 19.8 Å². The number of nitrogens with zero attached hydrogens (tertiary/aromatic N) is 2. The first kappa shape index (κ1) is 9.00. The van der Waals surface area contributed by atoms with E-state index < -0.39 is 0 Å². The largest absolute Gasteiger partial charge is 0.342 e. The molecule has 3 heteroatoms. The lowest BCUT2D eigenvalue weighted by molar-refractivity contribution is -0.144. The summed E-state index contributed by atoms with van der Waals surface area (Å²) in [5.41, 5.74) is 0.498. The number of carbonyl (C=O) groups excluding carboxylic acids is 1. The van der Waals surface area contributed by atoms with Crippen LogP contribution >= 0.6 is 0 Å². The fraction of sp³-hybridized carbons (Fsp3) is 0.900. The van der Waals surface area contributed by atoms with Gasteiger partial charge in [-0.05, 0) is 33.0 Å². The lowest BCUT2D eigenvalue weighted by Crippen LogP contribution is -2.61. The van der Waals surface area contributed by atoms with E-state index in [4.69, 9.17) is 0 Å². The highest BCUT2D eigenvalue weighted by Crippen LogP contribution is 2.39.